The highest BCUT2D eigenvalue weighted by molar-refractivity contribution is 5.83. The zero-order valence-electron chi connectivity index (χ0n) is 8.01. The molecule has 2 heterocycles. The molecule has 13 heavy (non-hydrogen) atoms. The highest BCUT2D eigenvalue weighted by Gasteiger charge is 2.30. The lowest BCUT2D eigenvalue weighted by Crippen LogP contribution is -2.43. The molecule has 0 aromatic heterocycles. The average Bonchev–Trinajstić information content (AvgIpc) is 2.20. The zero-order chi connectivity index (χ0) is 9.10. The van der Waals surface area contributed by atoms with Crippen LogP contribution in [0.25, 0.3) is 0 Å². The number of carbonyl (C=O) groups is 1. The molecule has 0 spiro atoms. The van der Waals surface area contributed by atoms with Crippen molar-refractivity contribution in [1.82, 2.24) is 10.6 Å². The minimum atomic E-state index is 0.364. The summed E-state index contributed by atoms with van der Waals surface area (Å²) in [5.41, 5.74) is 0. The van der Waals surface area contributed by atoms with Crippen molar-refractivity contribution in [3.05, 3.63) is 0 Å². The van der Waals surface area contributed by atoms with Gasteiger partial charge in [0.25, 0.3) is 0 Å². The summed E-state index contributed by atoms with van der Waals surface area (Å²) in [5, 5.41) is 6.48. The fourth-order valence-electron chi connectivity index (χ4n) is 2.51. The van der Waals surface area contributed by atoms with E-state index in [2.05, 4.69) is 10.6 Å². The van der Waals surface area contributed by atoms with Gasteiger partial charge >= 0.3 is 0 Å². The second-order valence-corrected chi connectivity index (χ2v) is 4.13. The van der Waals surface area contributed by atoms with Crippen LogP contribution in [-0.2, 0) is 4.79 Å². The molecule has 0 aromatic carbocycles. The fourth-order valence-corrected chi connectivity index (χ4v) is 2.51. The summed E-state index contributed by atoms with van der Waals surface area (Å²) < 4.78 is 0. The number of nitrogens with one attached hydrogen (secondary N) is 2. The topological polar surface area (TPSA) is 41.1 Å². The lowest BCUT2D eigenvalue weighted by Gasteiger charge is -2.32. The van der Waals surface area contributed by atoms with Crippen LogP contribution >= 0.6 is 0 Å². The first-order chi connectivity index (χ1) is 6.38. The van der Waals surface area contributed by atoms with Gasteiger partial charge in [-0.2, -0.15) is 0 Å². The molecule has 0 bridgehead atoms. The lowest BCUT2D eigenvalue weighted by molar-refractivity contribution is -0.125. The molecule has 0 radical (unpaired) electrons. The predicted octanol–water partition coefficient (Wildman–Crippen LogP) is 0.165. The maximum Gasteiger partial charge on any atom is 0.150 e. The van der Waals surface area contributed by atoms with Crippen molar-refractivity contribution in [2.45, 2.75) is 19.3 Å². The minimum Gasteiger partial charge on any atom is -0.317 e. The Kier molecular flexibility index (Phi) is 2.96. The van der Waals surface area contributed by atoms with Crippen LogP contribution in [0.15, 0.2) is 0 Å². The Labute approximate surface area is 79.3 Å². The third kappa shape index (κ3) is 2.09. The summed E-state index contributed by atoms with van der Waals surface area (Å²) in [6.45, 7) is 3.83. The van der Waals surface area contributed by atoms with Gasteiger partial charge < -0.3 is 10.6 Å². The smallest absolute Gasteiger partial charge is 0.150 e. The van der Waals surface area contributed by atoms with E-state index < -0.39 is 0 Å². The first-order valence-electron chi connectivity index (χ1n) is 5.32. The summed E-state index contributed by atoms with van der Waals surface area (Å²) >= 11 is 0. The second kappa shape index (κ2) is 4.20. The van der Waals surface area contributed by atoms with E-state index in [-0.39, 0.29) is 0 Å². The molecule has 2 saturated heterocycles. The molecule has 74 valence electrons. The molecule has 2 aliphatic heterocycles. The van der Waals surface area contributed by atoms with Crippen LogP contribution < -0.4 is 10.6 Å². The van der Waals surface area contributed by atoms with Gasteiger partial charge in [0.2, 0.25) is 0 Å². The van der Waals surface area contributed by atoms with Crippen LogP contribution in [0.4, 0.5) is 0 Å². The molecule has 2 fully saturated rings. The van der Waals surface area contributed by atoms with E-state index in [9.17, 15) is 4.79 Å². The first kappa shape index (κ1) is 9.16. The van der Waals surface area contributed by atoms with Gasteiger partial charge in [0, 0.05) is 5.92 Å². The Balaban J connectivity index is 1.92. The number of carbonyl (C=O) groups excluding carboxylic acids is 1. The van der Waals surface area contributed by atoms with Crippen molar-refractivity contribution in [3.63, 3.8) is 0 Å². The van der Waals surface area contributed by atoms with Crippen molar-refractivity contribution in [2.75, 3.05) is 26.2 Å². The molecule has 0 aliphatic carbocycles. The van der Waals surface area contributed by atoms with E-state index in [0.717, 1.165) is 26.1 Å². The average molecular weight is 182 g/mol. The number of hydrogen-bond donors (Lipinski definition) is 2. The normalized spacial score (nSPS) is 32.0. The van der Waals surface area contributed by atoms with Gasteiger partial charge in [-0.15, -0.1) is 0 Å². The third-order valence-electron chi connectivity index (χ3n) is 3.30. The number of ketones is 1. The van der Waals surface area contributed by atoms with Crippen molar-refractivity contribution in [3.8, 4) is 0 Å². The van der Waals surface area contributed by atoms with Crippen molar-refractivity contribution in [1.29, 1.82) is 0 Å². The van der Waals surface area contributed by atoms with E-state index in [4.69, 9.17) is 0 Å². The Hall–Kier alpha value is -0.410. The number of piperidine rings is 2. The molecule has 1 unspecified atom stereocenters. The molecule has 0 aromatic rings. The van der Waals surface area contributed by atoms with Crippen LogP contribution in [0.2, 0.25) is 0 Å². The Morgan fingerprint density at radius 3 is 2.38 bits per heavy atom. The zero-order valence-corrected chi connectivity index (χ0v) is 8.01. The van der Waals surface area contributed by atoms with E-state index >= 15 is 0 Å². The SMILES string of the molecule is O=C1CNCCC1C1CCNCC1. The summed E-state index contributed by atoms with van der Waals surface area (Å²) in [7, 11) is 0. The highest BCUT2D eigenvalue weighted by atomic mass is 16.1. The molecular formula is C10H18N2O. The van der Waals surface area contributed by atoms with Gasteiger partial charge in [0.05, 0.1) is 6.54 Å². The number of Topliss-reactive ketones (excluding diaryl/α,β-unsaturated/α-hetero) is 1. The third-order valence-corrected chi connectivity index (χ3v) is 3.30. The second-order valence-electron chi connectivity index (χ2n) is 4.13. The number of rotatable bonds is 1. The summed E-state index contributed by atoms with van der Waals surface area (Å²) in [4.78, 5) is 11.6. The maximum atomic E-state index is 11.6. The lowest BCUT2D eigenvalue weighted by atomic mass is 9.79. The molecule has 2 aliphatic rings. The van der Waals surface area contributed by atoms with Crippen LogP contribution in [0.1, 0.15) is 19.3 Å². The van der Waals surface area contributed by atoms with Crippen LogP contribution in [0.3, 0.4) is 0 Å². The first-order valence-corrected chi connectivity index (χ1v) is 5.32. The predicted molar refractivity (Wildman–Crippen MR) is 51.6 cm³/mol. The van der Waals surface area contributed by atoms with E-state index in [1.54, 1.807) is 0 Å². The molecule has 0 saturated carbocycles. The van der Waals surface area contributed by atoms with Crippen molar-refractivity contribution in [2.24, 2.45) is 11.8 Å². The quantitative estimate of drug-likeness (QED) is 0.607. The van der Waals surface area contributed by atoms with Gasteiger partial charge in [-0.05, 0) is 44.8 Å². The molecule has 1 atom stereocenters. The summed E-state index contributed by atoms with van der Waals surface area (Å²) in [5.74, 6) is 1.47. The van der Waals surface area contributed by atoms with Gasteiger partial charge in [-0.3, -0.25) is 4.79 Å². The summed E-state index contributed by atoms with van der Waals surface area (Å²) in [6.07, 6.45) is 3.44. The molecule has 2 rings (SSSR count). The Morgan fingerprint density at radius 1 is 1.00 bits per heavy atom. The van der Waals surface area contributed by atoms with Crippen LogP contribution in [0.5, 0.6) is 0 Å². The fraction of sp³-hybridized carbons (Fsp3) is 0.900. The monoisotopic (exact) mass is 182 g/mol. The van der Waals surface area contributed by atoms with E-state index in [0.29, 0.717) is 24.2 Å². The minimum absolute atomic E-state index is 0.364. The van der Waals surface area contributed by atoms with Crippen LogP contribution in [0, 0.1) is 11.8 Å². The summed E-state index contributed by atoms with van der Waals surface area (Å²) in [6, 6.07) is 0. The van der Waals surface area contributed by atoms with Crippen molar-refractivity contribution >= 4 is 5.78 Å². The maximum absolute atomic E-state index is 11.6. The van der Waals surface area contributed by atoms with Gasteiger partial charge in [0.1, 0.15) is 5.78 Å². The molecule has 0 amide bonds. The van der Waals surface area contributed by atoms with Gasteiger partial charge in [-0.1, -0.05) is 0 Å². The molecule has 3 nitrogen and oxygen atoms in total. The molecule has 3 heteroatoms. The molecular weight excluding hydrogens is 164 g/mol. The van der Waals surface area contributed by atoms with E-state index in [1.807, 2.05) is 0 Å². The van der Waals surface area contributed by atoms with Crippen LogP contribution in [-0.4, -0.2) is 32.0 Å². The number of hydrogen-bond acceptors (Lipinski definition) is 3. The van der Waals surface area contributed by atoms with Gasteiger partial charge in [0.15, 0.2) is 0 Å². The highest BCUT2D eigenvalue weighted by Crippen LogP contribution is 2.26. The Morgan fingerprint density at radius 2 is 1.69 bits per heavy atom. The molecule has 2 N–H and O–H groups in total. The van der Waals surface area contributed by atoms with E-state index in [1.165, 1.54) is 12.8 Å². The Bertz CT molecular complexity index is 187. The largest absolute Gasteiger partial charge is 0.317 e. The standard InChI is InChI=1S/C10H18N2O/c13-10-7-12-6-3-9(10)8-1-4-11-5-2-8/h8-9,11-12H,1-7H2. The van der Waals surface area contributed by atoms with Crippen molar-refractivity contribution < 1.29 is 4.79 Å². The van der Waals surface area contributed by atoms with Gasteiger partial charge in [-0.25, -0.2) is 0 Å².